The number of hydrogen-bond acceptors (Lipinski definition) is 1. The van der Waals surface area contributed by atoms with Gasteiger partial charge in [-0.2, -0.15) is 0 Å². The second-order valence-electron chi connectivity index (χ2n) is 5.75. The van der Waals surface area contributed by atoms with Crippen LogP contribution in [-0.2, 0) is 11.2 Å². The largest absolute Gasteiger partial charge is 0.352 e. The molecule has 0 radical (unpaired) electrons. The number of hydrogen-bond donors (Lipinski definition) is 1. The van der Waals surface area contributed by atoms with E-state index < -0.39 is 0 Å². The molecule has 0 bridgehead atoms. The third-order valence-corrected chi connectivity index (χ3v) is 4.68. The van der Waals surface area contributed by atoms with E-state index in [0.717, 1.165) is 19.3 Å². The molecule has 0 spiro atoms. The molecular weight excluding hydrogens is 270 g/mol. The second kappa shape index (κ2) is 7.68. The highest BCUT2D eigenvalue weighted by Crippen LogP contribution is 2.22. The summed E-state index contributed by atoms with van der Waals surface area (Å²) in [4.78, 5) is 12.1. The summed E-state index contributed by atoms with van der Waals surface area (Å²) in [5.74, 6) is 0.130. The highest BCUT2D eigenvalue weighted by atomic mass is 35.5. The zero-order valence-electron chi connectivity index (χ0n) is 12.2. The fourth-order valence-corrected chi connectivity index (χ4v) is 3.19. The fourth-order valence-electron chi connectivity index (χ4n) is 2.84. The first-order valence-corrected chi connectivity index (χ1v) is 8.08. The lowest BCUT2D eigenvalue weighted by Gasteiger charge is -2.21. The molecule has 0 heterocycles. The van der Waals surface area contributed by atoms with E-state index in [9.17, 15) is 4.79 Å². The van der Waals surface area contributed by atoms with Crippen molar-refractivity contribution in [2.24, 2.45) is 0 Å². The lowest BCUT2D eigenvalue weighted by molar-refractivity contribution is -0.121. The van der Waals surface area contributed by atoms with Crippen LogP contribution in [0.2, 0.25) is 0 Å². The van der Waals surface area contributed by atoms with Gasteiger partial charge in [-0.25, -0.2) is 0 Å². The molecule has 1 fully saturated rings. The topological polar surface area (TPSA) is 29.1 Å². The molecule has 1 aliphatic rings. The highest BCUT2D eigenvalue weighted by Gasteiger charge is 2.23. The van der Waals surface area contributed by atoms with Gasteiger partial charge in [0.2, 0.25) is 5.91 Å². The molecule has 0 saturated heterocycles. The van der Waals surface area contributed by atoms with Gasteiger partial charge >= 0.3 is 0 Å². The second-order valence-corrected chi connectivity index (χ2v) is 6.32. The van der Waals surface area contributed by atoms with E-state index in [1.54, 1.807) is 0 Å². The molecule has 1 amide bonds. The Bertz CT molecular complexity index is 446. The number of nitrogens with one attached hydrogen (secondary N) is 1. The van der Waals surface area contributed by atoms with Gasteiger partial charge in [-0.1, -0.05) is 43.5 Å². The minimum atomic E-state index is 0.0971. The zero-order valence-corrected chi connectivity index (χ0v) is 13.0. The summed E-state index contributed by atoms with van der Waals surface area (Å²) in [5, 5.41) is 3.22. The van der Waals surface area contributed by atoms with E-state index in [-0.39, 0.29) is 17.3 Å². The molecule has 1 N–H and O–H groups in total. The van der Waals surface area contributed by atoms with Gasteiger partial charge < -0.3 is 5.32 Å². The predicted octanol–water partition coefficient (Wildman–Crippen LogP) is 3.98. The van der Waals surface area contributed by atoms with Crippen molar-refractivity contribution >= 4 is 17.5 Å². The van der Waals surface area contributed by atoms with Gasteiger partial charge in [0.1, 0.15) is 0 Å². The van der Waals surface area contributed by atoms with Crippen molar-refractivity contribution in [1.29, 1.82) is 0 Å². The van der Waals surface area contributed by atoms with Crippen LogP contribution in [0.5, 0.6) is 0 Å². The number of amides is 1. The van der Waals surface area contributed by atoms with Gasteiger partial charge in [-0.15, -0.1) is 11.6 Å². The number of carbonyl (C=O) groups excluding carboxylic acids is 1. The molecule has 0 aliphatic heterocycles. The number of rotatable bonds is 4. The molecule has 2 nitrogen and oxygen atoms in total. The molecule has 1 aliphatic carbocycles. The SMILES string of the molecule is Cc1ccccc1CCC(=O)NC1CCCCCC1Cl. The molecule has 3 heteroatoms. The summed E-state index contributed by atoms with van der Waals surface area (Å²) in [6.45, 7) is 2.09. The highest BCUT2D eigenvalue weighted by molar-refractivity contribution is 6.21. The van der Waals surface area contributed by atoms with Crippen LogP contribution >= 0.6 is 11.6 Å². The fraction of sp³-hybridized carbons (Fsp3) is 0.588. The van der Waals surface area contributed by atoms with E-state index in [2.05, 4.69) is 24.4 Å². The maximum absolute atomic E-state index is 12.1. The molecule has 1 saturated carbocycles. The van der Waals surface area contributed by atoms with Gasteiger partial charge in [0.05, 0.1) is 5.38 Å². The van der Waals surface area contributed by atoms with E-state index in [4.69, 9.17) is 11.6 Å². The molecular formula is C17H24ClNO. The molecule has 110 valence electrons. The first-order valence-electron chi connectivity index (χ1n) is 7.65. The molecule has 1 aromatic rings. The van der Waals surface area contributed by atoms with Gasteiger partial charge in [0.25, 0.3) is 0 Å². The van der Waals surface area contributed by atoms with Crippen molar-refractivity contribution in [3.05, 3.63) is 35.4 Å². The average Bonchev–Trinajstić information content (AvgIpc) is 2.63. The average molecular weight is 294 g/mol. The Morgan fingerprint density at radius 2 is 2.00 bits per heavy atom. The van der Waals surface area contributed by atoms with Crippen LogP contribution in [0.3, 0.4) is 0 Å². The molecule has 1 aromatic carbocycles. The van der Waals surface area contributed by atoms with E-state index in [0.29, 0.717) is 6.42 Å². The third kappa shape index (κ3) is 4.52. The summed E-state index contributed by atoms with van der Waals surface area (Å²) >= 11 is 6.36. The monoisotopic (exact) mass is 293 g/mol. The first-order chi connectivity index (χ1) is 9.66. The van der Waals surface area contributed by atoms with Crippen molar-refractivity contribution < 1.29 is 4.79 Å². The maximum atomic E-state index is 12.1. The Kier molecular flexibility index (Phi) is 5.90. The van der Waals surface area contributed by atoms with Crippen LogP contribution in [0.1, 0.15) is 49.7 Å². The van der Waals surface area contributed by atoms with E-state index >= 15 is 0 Å². The zero-order chi connectivity index (χ0) is 14.4. The molecule has 2 atom stereocenters. The summed E-state index contributed by atoms with van der Waals surface area (Å²) in [5.41, 5.74) is 2.51. The van der Waals surface area contributed by atoms with Gasteiger partial charge in [0.15, 0.2) is 0 Å². The predicted molar refractivity (Wildman–Crippen MR) is 84.2 cm³/mol. The first kappa shape index (κ1) is 15.4. The third-order valence-electron chi connectivity index (χ3n) is 4.16. The summed E-state index contributed by atoms with van der Waals surface area (Å²) in [6, 6.07) is 8.40. The molecule has 2 rings (SSSR count). The van der Waals surface area contributed by atoms with Crippen LogP contribution in [0, 0.1) is 6.92 Å². The van der Waals surface area contributed by atoms with Gasteiger partial charge in [-0.05, 0) is 37.3 Å². The molecule has 20 heavy (non-hydrogen) atoms. The lowest BCUT2D eigenvalue weighted by Crippen LogP contribution is -2.40. The minimum Gasteiger partial charge on any atom is -0.352 e. The van der Waals surface area contributed by atoms with Crippen molar-refractivity contribution in [2.45, 2.75) is 63.3 Å². The Hall–Kier alpha value is -1.02. The van der Waals surface area contributed by atoms with Crippen LogP contribution in [0.15, 0.2) is 24.3 Å². The standard InChI is InChI=1S/C17H24ClNO/c1-13-7-5-6-8-14(13)11-12-17(20)19-16-10-4-2-3-9-15(16)18/h5-8,15-16H,2-4,9-12H2,1H3,(H,19,20). The maximum Gasteiger partial charge on any atom is 0.220 e. The quantitative estimate of drug-likeness (QED) is 0.660. The van der Waals surface area contributed by atoms with Crippen LogP contribution < -0.4 is 5.32 Å². The van der Waals surface area contributed by atoms with Crippen LogP contribution in [-0.4, -0.2) is 17.3 Å². The lowest BCUT2D eigenvalue weighted by atomic mass is 10.0. The van der Waals surface area contributed by atoms with Crippen molar-refractivity contribution in [1.82, 2.24) is 5.32 Å². The van der Waals surface area contributed by atoms with Crippen LogP contribution in [0.4, 0.5) is 0 Å². The Morgan fingerprint density at radius 3 is 2.80 bits per heavy atom. The Morgan fingerprint density at radius 1 is 1.25 bits per heavy atom. The van der Waals surface area contributed by atoms with Crippen molar-refractivity contribution in [3.8, 4) is 0 Å². The van der Waals surface area contributed by atoms with E-state index in [1.807, 2.05) is 12.1 Å². The number of alkyl halides is 1. The van der Waals surface area contributed by atoms with Crippen molar-refractivity contribution in [2.75, 3.05) is 0 Å². The van der Waals surface area contributed by atoms with Crippen LogP contribution in [0.25, 0.3) is 0 Å². The molecule has 0 aromatic heterocycles. The number of halogens is 1. The molecule has 2 unspecified atom stereocenters. The summed E-state index contributed by atoms with van der Waals surface area (Å²) < 4.78 is 0. The Labute approximate surface area is 126 Å². The summed E-state index contributed by atoms with van der Waals surface area (Å²) in [6.07, 6.45) is 6.98. The Balaban J connectivity index is 1.81. The smallest absolute Gasteiger partial charge is 0.220 e. The normalized spacial score (nSPS) is 23.1. The number of aryl methyl sites for hydroxylation is 2. The number of carbonyl (C=O) groups is 1. The summed E-state index contributed by atoms with van der Waals surface area (Å²) in [7, 11) is 0. The van der Waals surface area contributed by atoms with Crippen molar-refractivity contribution in [3.63, 3.8) is 0 Å². The van der Waals surface area contributed by atoms with Gasteiger partial charge in [0, 0.05) is 12.5 Å². The van der Waals surface area contributed by atoms with E-state index in [1.165, 1.54) is 30.4 Å². The minimum absolute atomic E-state index is 0.0971. The van der Waals surface area contributed by atoms with Gasteiger partial charge in [-0.3, -0.25) is 4.79 Å². The number of benzene rings is 1.